The molecule has 0 unspecified atom stereocenters. The highest BCUT2D eigenvalue weighted by Gasteiger charge is 2.14. The van der Waals surface area contributed by atoms with Crippen LogP contribution in [-0.4, -0.2) is 27.7 Å². The molecule has 5 heteroatoms. The molecule has 1 aromatic heterocycles. The number of aromatic nitrogens is 2. The van der Waals surface area contributed by atoms with Gasteiger partial charge in [0.25, 0.3) is 0 Å². The van der Waals surface area contributed by atoms with Gasteiger partial charge in [0.15, 0.2) is 0 Å². The third-order valence-electron chi connectivity index (χ3n) is 4.32. The zero-order valence-corrected chi connectivity index (χ0v) is 14.1. The second kappa shape index (κ2) is 8.29. The van der Waals surface area contributed by atoms with E-state index < -0.39 is 0 Å². The van der Waals surface area contributed by atoms with Crippen LogP contribution in [0.4, 0.5) is 0 Å². The molecule has 1 aliphatic rings. The van der Waals surface area contributed by atoms with Crippen LogP contribution in [0.3, 0.4) is 0 Å². The standard InChI is InChI=1S/C18H23N3OS/c22-17(21-14-8-4-2-1-3-5-9-14)12-23-18-15-10-6-7-11-16(15)19-13-20-18/h6-7,10-11,13-14H,1-5,8-9,12H2,(H,21,22). The molecule has 2 aromatic rings. The van der Waals surface area contributed by atoms with Crippen molar-refractivity contribution in [3.8, 4) is 0 Å². The molecule has 1 saturated carbocycles. The predicted molar refractivity (Wildman–Crippen MR) is 94.5 cm³/mol. The van der Waals surface area contributed by atoms with E-state index >= 15 is 0 Å². The van der Waals surface area contributed by atoms with Crippen LogP contribution in [0.25, 0.3) is 10.9 Å². The van der Waals surface area contributed by atoms with Gasteiger partial charge < -0.3 is 5.32 Å². The van der Waals surface area contributed by atoms with Gasteiger partial charge in [-0.3, -0.25) is 4.79 Å². The molecule has 0 spiro atoms. The van der Waals surface area contributed by atoms with E-state index in [9.17, 15) is 4.79 Å². The van der Waals surface area contributed by atoms with E-state index in [-0.39, 0.29) is 5.91 Å². The van der Waals surface area contributed by atoms with Crippen molar-refractivity contribution in [2.45, 2.75) is 56.0 Å². The van der Waals surface area contributed by atoms with Crippen LogP contribution in [0.2, 0.25) is 0 Å². The number of benzene rings is 1. The molecule has 1 fully saturated rings. The lowest BCUT2D eigenvalue weighted by atomic mass is 9.97. The molecule has 0 radical (unpaired) electrons. The summed E-state index contributed by atoms with van der Waals surface area (Å²) in [6.07, 6.45) is 10.2. The van der Waals surface area contributed by atoms with Crippen molar-refractivity contribution in [2.75, 3.05) is 5.75 Å². The molecule has 1 aromatic carbocycles. The van der Waals surface area contributed by atoms with Gasteiger partial charge in [-0.25, -0.2) is 9.97 Å². The van der Waals surface area contributed by atoms with E-state index in [0.29, 0.717) is 11.8 Å². The monoisotopic (exact) mass is 329 g/mol. The number of thioether (sulfide) groups is 1. The van der Waals surface area contributed by atoms with Crippen LogP contribution in [0.1, 0.15) is 44.9 Å². The Hall–Kier alpha value is -1.62. The van der Waals surface area contributed by atoms with Gasteiger partial charge in [0.2, 0.25) is 5.91 Å². The fourth-order valence-electron chi connectivity index (χ4n) is 3.10. The molecule has 0 aliphatic heterocycles. The molecule has 1 N–H and O–H groups in total. The SMILES string of the molecule is O=C(CSc1ncnc2ccccc12)NC1CCCCCCC1. The lowest BCUT2D eigenvalue weighted by Crippen LogP contribution is -2.36. The van der Waals surface area contributed by atoms with Crippen molar-refractivity contribution in [3.05, 3.63) is 30.6 Å². The first-order chi connectivity index (χ1) is 11.3. The molecule has 23 heavy (non-hydrogen) atoms. The van der Waals surface area contributed by atoms with Crippen molar-refractivity contribution in [3.63, 3.8) is 0 Å². The number of carbonyl (C=O) groups is 1. The number of para-hydroxylation sites is 1. The Bertz CT molecular complexity index is 648. The second-order valence-electron chi connectivity index (χ2n) is 6.09. The Kier molecular flexibility index (Phi) is 5.86. The Balaban J connectivity index is 1.55. The molecule has 3 rings (SSSR count). The van der Waals surface area contributed by atoms with E-state index in [1.54, 1.807) is 6.33 Å². The van der Waals surface area contributed by atoms with Gasteiger partial charge in [0.05, 0.1) is 11.3 Å². The number of rotatable bonds is 4. The summed E-state index contributed by atoms with van der Waals surface area (Å²) in [6.45, 7) is 0. The molecule has 1 heterocycles. The molecule has 122 valence electrons. The summed E-state index contributed by atoms with van der Waals surface area (Å²) in [4.78, 5) is 20.8. The lowest BCUT2D eigenvalue weighted by molar-refractivity contribution is -0.119. The summed E-state index contributed by atoms with van der Waals surface area (Å²) >= 11 is 1.49. The van der Waals surface area contributed by atoms with Crippen molar-refractivity contribution >= 4 is 28.6 Å². The van der Waals surface area contributed by atoms with E-state index in [4.69, 9.17) is 0 Å². The highest BCUT2D eigenvalue weighted by Crippen LogP contribution is 2.24. The average molecular weight is 329 g/mol. The maximum absolute atomic E-state index is 12.2. The van der Waals surface area contributed by atoms with E-state index in [2.05, 4.69) is 15.3 Å². The molecule has 0 atom stereocenters. The molecule has 4 nitrogen and oxygen atoms in total. The van der Waals surface area contributed by atoms with Gasteiger partial charge in [0, 0.05) is 11.4 Å². The van der Waals surface area contributed by atoms with E-state index in [1.165, 1.54) is 43.9 Å². The first kappa shape index (κ1) is 16.2. The van der Waals surface area contributed by atoms with Crippen molar-refractivity contribution in [2.24, 2.45) is 0 Å². The number of hydrogen-bond acceptors (Lipinski definition) is 4. The largest absolute Gasteiger partial charge is 0.353 e. The summed E-state index contributed by atoms with van der Waals surface area (Å²) in [5, 5.41) is 5.09. The van der Waals surface area contributed by atoms with Crippen molar-refractivity contribution in [1.82, 2.24) is 15.3 Å². The molecule has 0 bridgehead atoms. The third-order valence-corrected chi connectivity index (χ3v) is 5.32. The van der Waals surface area contributed by atoms with Crippen LogP contribution in [0.15, 0.2) is 35.6 Å². The maximum atomic E-state index is 12.2. The summed E-state index contributed by atoms with van der Waals surface area (Å²) in [6, 6.07) is 8.26. The fourth-order valence-corrected chi connectivity index (χ4v) is 3.90. The quantitative estimate of drug-likeness (QED) is 0.681. The van der Waals surface area contributed by atoms with Gasteiger partial charge in [0.1, 0.15) is 11.4 Å². The molecular weight excluding hydrogens is 306 g/mol. The topological polar surface area (TPSA) is 54.9 Å². The molecule has 1 amide bonds. The Morgan fingerprint density at radius 3 is 2.65 bits per heavy atom. The summed E-state index contributed by atoms with van der Waals surface area (Å²) in [5.41, 5.74) is 0.922. The minimum Gasteiger partial charge on any atom is -0.353 e. The first-order valence-corrected chi connectivity index (χ1v) is 9.43. The summed E-state index contributed by atoms with van der Waals surface area (Å²) in [7, 11) is 0. The molecular formula is C18H23N3OS. The first-order valence-electron chi connectivity index (χ1n) is 8.45. The Morgan fingerprint density at radius 1 is 1.09 bits per heavy atom. The molecule has 1 aliphatic carbocycles. The highest BCUT2D eigenvalue weighted by molar-refractivity contribution is 8.00. The van der Waals surface area contributed by atoms with Crippen LogP contribution in [0, 0.1) is 0 Å². The minimum atomic E-state index is 0.114. The highest BCUT2D eigenvalue weighted by atomic mass is 32.2. The van der Waals surface area contributed by atoms with Gasteiger partial charge in [-0.2, -0.15) is 0 Å². The fraction of sp³-hybridized carbons (Fsp3) is 0.500. The van der Waals surface area contributed by atoms with E-state index in [0.717, 1.165) is 28.8 Å². The van der Waals surface area contributed by atoms with Crippen LogP contribution < -0.4 is 5.32 Å². The van der Waals surface area contributed by atoms with E-state index in [1.807, 2.05) is 24.3 Å². The number of fused-ring (bicyclic) bond motifs is 1. The zero-order valence-electron chi connectivity index (χ0n) is 13.3. The lowest BCUT2D eigenvalue weighted by Gasteiger charge is -2.20. The van der Waals surface area contributed by atoms with Crippen LogP contribution >= 0.6 is 11.8 Å². The summed E-state index contributed by atoms with van der Waals surface area (Å²) in [5.74, 6) is 0.528. The number of nitrogens with one attached hydrogen (secondary N) is 1. The van der Waals surface area contributed by atoms with Crippen molar-refractivity contribution in [1.29, 1.82) is 0 Å². The number of carbonyl (C=O) groups excluding carboxylic acids is 1. The smallest absolute Gasteiger partial charge is 0.230 e. The van der Waals surface area contributed by atoms with Gasteiger partial charge in [-0.05, 0) is 18.9 Å². The number of amides is 1. The second-order valence-corrected chi connectivity index (χ2v) is 7.06. The molecule has 0 saturated heterocycles. The normalized spacial score (nSPS) is 16.7. The number of nitrogens with zero attached hydrogens (tertiary/aromatic N) is 2. The van der Waals surface area contributed by atoms with Gasteiger partial charge >= 0.3 is 0 Å². The number of hydrogen-bond donors (Lipinski definition) is 1. The predicted octanol–water partition coefficient (Wildman–Crippen LogP) is 3.95. The average Bonchev–Trinajstić information content (AvgIpc) is 2.55. The summed E-state index contributed by atoms with van der Waals surface area (Å²) < 4.78 is 0. The van der Waals surface area contributed by atoms with Crippen LogP contribution in [-0.2, 0) is 4.79 Å². The van der Waals surface area contributed by atoms with Gasteiger partial charge in [-0.1, -0.05) is 62.1 Å². The van der Waals surface area contributed by atoms with Crippen LogP contribution in [0.5, 0.6) is 0 Å². The van der Waals surface area contributed by atoms with Gasteiger partial charge in [-0.15, -0.1) is 0 Å². The zero-order chi connectivity index (χ0) is 15.9. The minimum absolute atomic E-state index is 0.114. The maximum Gasteiger partial charge on any atom is 0.230 e. The Morgan fingerprint density at radius 2 is 1.83 bits per heavy atom. The Labute approximate surface area is 141 Å². The third kappa shape index (κ3) is 4.67. The van der Waals surface area contributed by atoms with Crippen molar-refractivity contribution < 1.29 is 4.79 Å².